The number of hydrogen-bond donors (Lipinski definition) is 3. The number of para-hydroxylation sites is 1. The van der Waals surface area contributed by atoms with Crippen LogP contribution in [0.15, 0.2) is 78.9 Å². The average Bonchev–Trinajstić information content (AvgIpc) is 2.79. The van der Waals surface area contributed by atoms with Crippen LogP contribution in [0.1, 0.15) is 27.6 Å². The van der Waals surface area contributed by atoms with Crippen LogP contribution in [-0.2, 0) is 4.79 Å². The third kappa shape index (κ3) is 6.07. The molecule has 0 fully saturated rings. The van der Waals surface area contributed by atoms with Crippen molar-refractivity contribution in [2.24, 2.45) is 0 Å². The van der Waals surface area contributed by atoms with E-state index in [2.05, 4.69) is 16.2 Å². The molecule has 158 valence electrons. The molecule has 0 saturated heterocycles. The molecule has 31 heavy (non-hydrogen) atoms. The highest BCUT2D eigenvalue weighted by Gasteiger charge is 2.17. The monoisotopic (exact) mass is 437 g/mol. The smallest absolute Gasteiger partial charge is 0.279 e. The van der Waals surface area contributed by atoms with Gasteiger partial charge in [0.05, 0.1) is 5.02 Å². The summed E-state index contributed by atoms with van der Waals surface area (Å²) >= 11 is 6.01. The van der Waals surface area contributed by atoms with E-state index in [0.717, 1.165) is 0 Å². The molecule has 0 aliphatic carbocycles. The Balaban J connectivity index is 1.50. The predicted octanol–water partition coefficient (Wildman–Crippen LogP) is 3.82. The third-order valence-corrected chi connectivity index (χ3v) is 4.56. The Kier molecular flexibility index (Phi) is 7.24. The van der Waals surface area contributed by atoms with Gasteiger partial charge in [0.15, 0.2) is 6.10 Å². The zero-order valence-electron chi connectivity index (χ0n) is 16.6. The van der Waals surface area contributed by atoms with E-state index in [9.17, 15) is 14.4 Å². The van der Waals surface area contributed by atoms with Gasteiger partial charge in [-0.15, -0.1) is 0 Å². The summed E-state index contributed by atoms with van der Waals surface area (Å²) in [6, 6.07) is 21.8. The topological polar surface area (TPSA) is 96.5 Å². The van der Waals surface area contributed by atoms with E-state index in [0.29, 0.717) is 27.6 Å². The molecule has 3 rings (SSSR count). The van der Waals surface area contributed by atoms with Crippen LogP contribution in [0.2, 0.25) is 5.02 Å². The minimum Gasteiger partial charge on any atom is -0.479 e. The van der Waals surface area contributed by atoms with Crippen LogP contribution in [-0.4, -0.2) is 23.8 Å². The largest absolute Gasteiger partial charge is 0.479 e. The zero-order chi connectivity index (χ0) is 22.2. The molecule has 0 aliphatic rings. The van der Waals surface area contributed by atoms with Crippen LogP contribution in [0.25, 0.3) is 0 Å². The second-order valence-corrected chi connectivity index (χ2v) is 6.94. The van der Waals surface area contributed by atoms with Gasteiger partial charge in [0.1, 0.15) is 5.75 Å². The summed E-state index contributed by atoms with van der Waals surface area (Å²) in [7, 11) is 0. The molecule has 0 saturated carbocycles. The highest BCUT2D eigenvalue weighted by atomic mass is 35.5. The van der Waals surface area contributed by atoms with Gasteiger partial charge in [-0.05, 0) is 55.5 Å². The molecule has 3 N–H and O–H groups in total. The maximum atomic E-state index is 12.3. The number of hydrazine groups is 1. The van der Waals surface area contributed by atoms with Crippen molar-refractivity contribution in [1.82, 2.24) is 10.9 Å². The molecule has 1 atom stereocenters. The molecular weight excluding hydrogens is 418 g/mol. The van der Waals surface area contributed by atoms with Crippen LogP contribution in [0.5, 0.6) is 5.75 Å². The van der Waals surface area contributed by atoms with Crippen LogP contribution >= 0.6 is 11.6 Å². The first-order chi connectivity index (χ1) is 14.9. The summed E-state index contributed by atoms with van der Waals surface area (Å²) in [5, 5.41) is 3.13. The Morgan fingerprint density at radius 1 is 0.774 bits per heavy atom. The van der Waals surface area contributed by atoms with Crippen molar-refractivity contribution in [2.45, 2.75) is 13.0 Å². The molecule has 0 radical (unpaired) electrons. The number of nitrogens with one attached hydrogen (secondary N) is 3. The van der Waals surface area contributed by atoms with Gasteiger partial charge in [0.25, 0.3) is 17.7 Å². The number of ether oxygens (including phenoxy) is 1. The Bertz CT molecular complexity index is 1070. The second kappa shape index (κ2) is 10.3. The van der Waals surface area contributed by atoms with Crippen molar-refractivity contribution in [3.63, 3.8) is 0 Å². The lowest BCUT2D eigenvalue weighted by Gasteiger charge is -2.16. The van der Waals surface area contributed by atoms with Crippen molar-refractivity contribution >= 4 is 35.0 Å². The first-order valence-electron chi connectivity index (χ1n) is 9.42. The fourth-order valence-electron chi connectivity index (χ4n) is 2.57. The number of halogens is 1. The molecule has 0 spiro atoms. The first kappa shape index (κ1) is 21.9. The normalized spacial score (nSPS) is 11.2. The molecule has 7 nitrogen and oxygen atoms in total. The maximum absolute atomic E-state index is 12.3. The molecule has 3 aromatic rings. The molecule has 3 aromatic carbocycles. The van der Waals surface area contributed by atoms with Gasteiger partial charge in [-0.2, -0.15) is 0 Å². The molecule has 3 amide bonds. The fraction of sp³-hybridized carbons (Fsp3) is 0.0870. The summed E-state index contributed by atoms with van der Waals surface area (Å²) in [4.78, 5) is 36.6. The Morgan fingerprint density at radius 2 is 1.39 bits per heavy atom. The van der Waals surface area contributed by atoms with E-state index < -0.39 is 17.9 Å². The molecule has 0 aromatic heterocycles. The lowest BCUT2D eigenvalue weighted by Crippen LogP contribution is -2.47. The van der Waals surface area contributed by atoms with Gasteiger partial charge >= 0.3 is 0 Å². The number of carbonyl (C=O) groups is 3. The minimum absolute atomic E-state index is 0.252. The summed E-state index contributed by atoms with van der Waals surface area (Å²) in [5.74, 6) is -0.942. The molecule has 0 bridgehead atoms. The number of rotatable bonds is 6. The Hall–Kier alpha value is -3.84. The van der Waals surface area contributed by atoms with E-state index in [1.165, 1.54) is 19.1 Å². The number of amides is 3. The van der Waals surface area contributed by atoms with Crippen LogP contribution in [0.4, 0.5) is 5.69 Å². The standard InChI is InChI=1S/C23H20ClN3O4/c1-15(31-20-10-6-5-9-19(20)24)21(28)26-27-23(30)17-11-13-18(14-12-17)25-22(29)16-7-3-2-4-8-16/h2-15H,1H3,(H,25,29)(H,26,28)(H,27,30). The second-order valence-electron chi connectivity index (χ2n) is 6.53. The third-order valence-electron chi connectivity index (χ3n) is 4.25. The van der Waals surface area contributed by atoms with Gasteiger partial charge in [-0.25, -0.2) is 0 Å². The van der Waals surface area contributed by atoms with Crippen molar-refractivity contribution in [1.29, 1.82) is 0 Å². The first-order valence-corrected chi connectivity index (χ1v) is 9.79. The molecule has 0 heterocycles. The van der Waals surface area contributed by atoms with E-state index >= 15 is 0 Å². The van der Waals surface area contributed by atoms with Crippen molar-refractivity contribution in [3.05, 3.63) is 95.0 Å². The molecule has 0 aliphatic heterocycles. The van der Waals surface area contributed by atoms with Crippen LogP contribution < -0.4 is 20.9 Å². The number of hydrogen-bond acceptors (Lipinski definition) is 4. The van der Waals surface area contributed by atoms with E-state index in [1.54, 1.807) is 60.7 Å². The number of benzene rings is 3. The molecule has 1 unspecified atom stereocenters. The van der Waals surface area contributed by atoms with Crippen molar-refractivity contribution in [2.75, 3.05) is 5.32 Å². The SMILES string of the molecule is CC(Oc1ccccc1Cl)C(=O)NNC(=O)c1ccc(NC(=O)c2ccccc2)cc1. The zero-order valence-corrected chi connectivity index (χ0v) is 17.3. The van der Waals surface area contributed by atoms with Gasteiger partial charge in [-0.1, -0.05) is 41.9 Å². The lowest BCUT2D eigenvalue weighted by atomic mass is 10.1. The number of carbonyl (C=O) groups excluding carboxylic acids is 3. The summed E-state index contributed by atoms with van der Waals surface area (Å²) in [6.45, 7) is 1.54. The van der Waals surface area contributed by atoms with Crippen LogP contribution in [0, 0.1) is 0 Å². The minimum atomic E-state index is -0.879. The molecular formula is C23H20ClN3O4. The van der Waals surface area contributed by atoms with E-state index in [-0.39, 0.29) is 5.91 Å². The van der Waals surface area contributed by atoms with Gasteiger partial charge in [0.2, 0.25) is 0 Å². The fourth-order valence-corrected chi connectivity index (χ4v) is 2.75. The summed E-state index contributed by atoms with van der Waals surface area (Å²) < 4.78 is 5.50. The van der Waals surface area contributed by atoms with Gasteiger partial charge in [-0.3, -0.25) is 25.2 Å². The quantitative estimate of drug-likeness (QED) is 0.511. The molecule has 8 heteroatoms. The predicted molar refractivity (Wildman–Crippen MR) is 118 cm³/mol. The van der Waals surface area contributed by atoms with Gasteiger partial charge < -0.3 is 10.1 Å². The van der Waals surface area contributed by atoms with Gasteiger partial charge in [0, 0.05) is 16.8 Å². The highest BCUT2D eigenvalue weighted by Crippen LogP contribution is 2.24. The van der Waals surface area contributed by atoms with E-state index in [4.69, 9.17) is 16.3 Å². The Labute approximate surface area is 184 Å². The van der Waals surface area contributed by atoms with Crippen molar-refractivity contribution in [3.8, 4) is 5.75 Å². The van der Waals surface area contributed by atoms with E-state index in [1.807, 2.05) is 6.07 Å². The maximum Gasteiger partial charge on any atom is 0.279 e. The lowest BCUT2D eigenvalue weighted by molar-refractivity contribution is -0.128. The summed E-state index contributed by atoms with van der Waals surface area (Å²) in [5.41, 5.74) is 6.01. The highest BCUT2D eigenvalue weighted by molar-refractivity contribution is 6.32. The Morgan fingerprint density at radius 3 is 2.06 bits per heavy atom. The average molecular weight is 438 g/mol. The summed E-state index contributed by atoms with van der Waals surface area (Å²) in [6.07, 6.45) is -0.879. The van der Waals surface area contributed by atoms with Crippen LogP contribution in [0.3, 0.4) is 0 Å². The van der Waals surface area contributed by atoms with Crippen molar-refractivity contribution < 1.29 is 19.1 Å². The number of anilines is 1.